The number of carboxylic acid groups (broad SMARTS) is 1. The van der Waals surface area contributed by atoms with Crippen molar-refractivity contribution in [3.8, 4) is 10.6 Å². The molecule has 0 aliphatic heterocycles. The zero-order valence-corrected chi connectivity index (χ0v) is 9.69. The summed E-state index contributed by atoms with van der Waals surface area (Å²) in [6.45, 7) is 2.10. The number of carboxylic acids is 1. The second-order valence-electron chi connectivity index (χ2n) is 2.96. The molecule has 0 spiro atoms. The summed E-state index contributed by atoms with van der Waals surface area (Å²) < 4.78 is 0. The molecule has 0 unspecified atom stereocenters. The number of aryl methyl sites for hydroxylation is 1. The molecular formula is C10H9NO2S2. The third kappa shape index (κ3) is 2.08. The minimum Gasteiger partial charge on any atom is -0.476 e. The fraction of sp³-hybridized carbons (Fsp3) is 0.200. The topological polar surface area (TPSA) is 50.2 Å². The first kappa shape index (κ1) is 10.3. The molecule has 5 heteroatoms. The number of carbonyl (C=O) groups is 1. The molecule has 2 aromatic heterocycles. The van der Waals surface area contributed by atoms with E-state index in [1.165, 1.54) is 16.2 Å². The van der Waals surface area contributed by atoms with Gasteiger partial charge in [-0.05, 0) is 18.6 Å². The highest BCUT2D eigenvalue weighted by atomic mass is 32.1. The van der Waals surface area contributed by atoms with Crippen molar-refractivity contribution in [3.63, 3.8) is 0 Å². The number of aromatic nitrogens is 1. The molecule has 0 amide bonds. The summed E-state index contributed by atoms with van der Waals surface area (Å²) in [6, 6.07) is 4.05. The number of rotatable bonds is 3. The minimum atomic E-state index is -0.960. The van der Waals surface area contributed by atoms with Gasteiger partial charge >= 0.3 is 5.97 Å². The molecule has 1 N–H and O–H groups in total. The Hall–Kier alpha value is -1.20. The normalized spacial score (nSPS) is 10.5. The standard InChI is InChI=1S/C10H9NO2S2/c1-2-6-3-4-8(15-6)7-5-14-9(11-7)10(12)13/h3-5H,2H2,1H3,(H,12,13). The second kappa shape index (κ2) is 4.12. The van der Waals surface area contributed by atoms with Crippen molar-refractivity contribution in [1.29, 1.82) is 0 Å². The van der Waals surface area contributed by atoms with Gasteiger partial charge in [-0.25, -0.2) is 9.78 Å². The van der Waals surface area contributed by atoms with Gasteiger partial charge in [-0.1, -0.05) is 6.92 Å². The number of aromatic carboxylic acids is 1. The maximum absolute atomic E-state index is 10.7. The summed E-state index contributed by atoms with van der Waals surface area (Å²) >= 11 is 2.83. The van der Waals surface area contributed by atoms with Crippen molar-refractivity contribution in [2.45, 2.75) is 13.3 Å². The zero-order valence-electron chi connectivity index (χ0n) is 8.06. The SMILES string of the molecule is CCc1ccc(-c2csc(C(=O)O)n2)s1. The van der Waals surface area contributed by atoms with E-state index in [1.807, 2.05) is 6.07 Å². The lowest BCUT2D eigenvalue weighted by molar-refractivity contribution is 0.0696. The Morgan fingerprint density at radius 2 is 2.33 bits per heavy atom. The van der Waals surface area contributed by atoms with Gasteiger partial charge in [-0.3, -0.25) is 0 Å². The predicted molar refractivity (Wildman–Crippen MR) is 61.8 cm³/mol. The molecule has 0 bridgehead atoms. The van der Waals surface area contributed by atoms with E-state index < -0.39 is 5.97 Å². The Kier molecular flexibility index (Phi) is 2.83. The molecule has 78 valence electrons. The summed E-state index contributed by atoms with van der Waals surface area (Å²) in [6.07, 6.45) is 1.00. The zero-order chi connectivity index (χ0) is 10.8. The van der Waals surface area contributed by atoms with Gasteiger partial charge in [0.15, 0.2) is 0 Å². The van der Waals surface area contributed by atoms with Crippen molar-refractivity contribution in [2.24, 2.45) is 0 Å². The maximum Gasteiger partial charge on any atom is 0.365 e. The Balaban J connectivity index is 2.32. The van der Waals surface area contributed by atoms with Crippen molar-refractivity contribution in [2.75, 3.05) is 0 Å². The van der Waals surface area contributed by atoms with Crippen LogP contribution in [0.4, 0.5) is 0 Å². The van der Waals surface area contributed by atoms with E-state index in [2.05, 4.69) is 18.0 Å². The average molecular weight is 239 g/mol. The number of thiophene rings is 1. The Morgan fingerprint density at radius 3 is 2.87 bits per heavy atom. The molecule has 15 heavy (non-hydrogen) atoms. The van der Waals surface area contributed by atoms with Gasteiger partial charge in [0.1, 0.15) is 0 Å². The highest BCUT2D eigenvalue weighted by Crippen LogP contribution is 2.29. The molecule has 0 aliphatic rings. The van der Waals surface area contributed by atoms with Crippen LogP contribution in [0.3, 0.4) is 0 Å². The Morgan fingerprint density at radius 1 is 1.53 bits per heavy atom. The molecule has 0 radical (unpaired) electrons. The van der Waals surface area contributed by atoms with Crippen LogP contribution in [0.5, 0.6) is 0 Å². The molecule has 0 aromatic carbocycles. The van der Waals surface area contributed by atoms with Gasteiger partial charge in [0.25, 0.3) is 0 Å². The third-order valence-electron chi connectivity index (χ3n) is 1.95. The van der Waals surface area contributed by atoms with Crippen LogP contribution in [-0.4, -0.2) is 16.1 Å². The van der Waals surface area contributed by atoms with Crippen molar-refractivity contribution >= 4 is 28.6 Å². The summed E-state index contributed by atoms with van der Waals surface area (Å²) in [5, 5.41) is 10.7. The number of hydrogen-bond acceptors (Lipinski definition) is 4. The molecule has 0 aliphatic carbocycles. The van der Waals surface area contributed by atoms with Gasteiger partial charge in [-0.15, -0.1) is 22.7 Å². The maximum atomic E-state index is 10.7. The van der Waals surface area contributed by atoms with Crippen LogP contribution in [0.15, 0.2) is 17.5 Å². The minimum absolute atomic E-state index is 0.149. The first-order chi connectivity index (χ1) is 7.20. The predicted octanol–water partition coefficient (Wildman–Crippen LogP) is 3.13. The van der Waals surface area contributed by atoms with Crippen LogP contribution >= 0.6 is 22.7 Å². The molecule has 2 aromatic rings. The Labute approximate surface area is 95.0 Å². The van der Waals surface area contributed by atoms with Gasteiger partial charge in [0, 0.05) is 10.3 Å². The van der Waals surface area contributed by atoms with E-state index in [1.54, 1.807) is 16.7 Å². The van der Waals surface area contributed by atoms with E-state index >= 15 is 0 Å². The van der Waals surface area contributed by atoms with Gasteiger partial charge < -0.3 is 5.11 Å². The first-order valence-electron chi connectivity index (χ1n) is 4.48. The van der Waals surface area contributed by atoms with E-state index in [0.717, 1.165) is 17.0 Å². The van der Waals surface area contributed by atoms with Crippen LogP contribution in [0, 0.1) is 0 Å². The van der Waals surface area contributed by atoms with Crippen LogP contribution < -0.4 is 0 Å². The third-order valence-corrected chi connectivity index (χ3v) is 4.03. The lowest BCUT2D eigenvalue weighted by Gasteiger charge is -1.88. The first-order valence-corrected chi connectivity index (χ1v) is 6.18. The summed E-state index contributed by atoms with van der Waals surface area (Å²) in [7, 11) is 0. The smallest absolute Gasteiger partial charge is 0.365 e. The Bertz CT molecular complexity index is 487. The lowest BCUT2D eigenvalue weighted by atomic mass is 10.3. The molecule has 0 saturated heterocycles. The van der Waals surface area contributed by atoms with Crippen LogP contribution in [0.2, 0.25) is 0 Å². The second-order valence-corrected chi connectivity index (χ2v) is 4.99. The van der Waals surface area contributed by atoms with E-state index in [9.17, 15) is 4.79 Å². The van der Waals surface area contributed by atoms with Crippen LogP contribution in [0.25, 0.3) is 10.6 Å². The van der Waals surface area contributed by atoms with Crippen molar-refractivity contribution < 1.29 is 9.90 Å². The van der Waals surface area contributed by atoms with Crippen molar-refractivity contribution in [3.05, 3.63) is 27.4 Å². The van der Waals surface area contributed by atoms with Crippen molar-refractivity contribution in [1.82, 2.24) is 4.98 Å². The molecule has 3 nitrogen and oxygen atoms in total. The number of hydrogen-bond donors (Lipinski definition) is 1. The molecular weight excluding hydrogens is 230 g/mol. The summed E-state index contributed by atoms with van der Waals surface area (Å²) in [5.74, 6) is -0.960. The monoisotopic (exact) mass is 239 g/mol. The van der Waals surface area contributed by atoms with Gasteiger partial charge in [0.2, 0.25) is 5.01 Å². The van der Waals surface area contributed by atoms with E-state index in [-0.39, 0.29) is 5.01 Å². The highest BCUT2D eigenvalue weighted by Gasteiger charge is 2.11. The van der Waals surface area contributed by atoms with Crippen LogP contribution in [0.1, 0.15) is 21.6 Å². The summed E-state index contributed by atoms with van der Waals surface area (Å²) in [4.78, 5) is 17.0. The molecule has 0 atom stereocenters. The molecule has 0 fully saturated rings. The quantitative estimate of drug-likeness (QED) is 0.895. The molecule has 2 heterocycles. The van der Waals surface area contributed by atoms with E-state index in [4.69, 9.17) is 5.11 Å². The van der Waals surface area contributed by atoms with Crippen LogP contribution in [-0.2, 0) is 6.42 Å². The largest absolute Gasteiger partial charge is 0.476 e. The molecule has 0 saturated carbocycles. The lowest BCUT2D eigenvalue weighted by Crippen LogP contribution is -1.93. The number of nitrogens with zero attached hydrogens (tertiary/aromatic N) is 1. The van der Waals surface area contributed by atoms with Gasteiger partial charge in [-0.2, -0.15) is 0 Å². The fourth-order valence-electron chi connectivity index (χ4n) is 1.19. The fourth-order valence-corrected chi connectivity index (χ4v) is 2.83. The molecule has 2 rings (SSSR count). The van der Waals surface area contributed by atoms with Gasteiger partial charge in [0.05, 0.1) is 10.6 Å². The number of thiazole rings is 1. The highest BCUT2D eigenvalue weighted by molar-refractivity contribution is 7.16. The summed E-state index contributed by atoms with van der Waals surface area (Å²) in [5.41, 5.74) is 0.766. The van der Waals surface area contributed by atoms with E-state index in [0.29, 0.717) is 0 Å². The average Bonchev–Trinajstić information content (AvgIpc) is 2.86.